The quantitative estimate of drug-likeness (QED) is 0.611. The number of non-ortho nitro benzene ring substituents is 1. The zero-order valence-corrected chi connectivity index (χ0v) is 11.5. The molecule has 1 aromatic carbocycles. The lowest BCUT2D eigenvalue weighted by atomic mass is 10.1. The number of hydrogen-bond acceptors (Lipinski definition) is 5. The summed E-state index contributed by atoms with van der Waals surface area (Å²) >= 11 is 1.41. The standard InChI is InChI=1S/C12H16N2O4S/c1-12(2,10(13)11(15)16)19-7-8-3-5-9(6-4-8)14(17)18/h3-6,10H,7,13H2,1-2H3,(H,15,16). The van der Waals surface area contributed by atoms with Crippen molar-refractivity contribution >= 4 is 23.4 Å². The van der Waals surface area contributed by atoms with E-state index in [2.05, 4.69) is 0 Å². The van der Waals surface area contributed by atoms with Gasteiger partial charge in [-0.05, 0) is 19.4 Å². The van der Waals surface area contributed by atoms with E-state index in [0.717, 1.165) is 5.56 Å². The zero-order chi connectivity index (χ0) is 14.6. The summed E-state index contributed by atoms with van der Waals surface area (Å²) in [5.41, 5.74) is 6.54. The molecule has 0 radical (unpaired) electrons. The molecule has 0 aliphatic carbocycles. The third kappa shape index (κ3) is 4.22. The Hall–Kier alpha value is -1.60. The molecule has 7 heteroatoms. The van der Waals surface area contributed by atoms with Crippen molar-refractivity contribution in [1.29, 1.82) is 0 Å². The van der Waals surface area contributed by atoms with Crippen LogP contribution in [0.3, 0.4) is 0 Å². The maximum atomic E-state index is 10.9. The summed E-state index contributed by atoms with van der Waals surface area (Å²) in [6, 6.07) is 5.22. The molecule has 1 aromatic rings. The minimum absolute atomic E-state index is 0.0373. The number of aliphatic carboxylic acids is 1. The second-order valence-electron chi connectivity index (χ2n) is 4.63. The van der Waals surface area contributed by atoms with Gasteiger partial charge >= 0.3 is 5.97 Å². The number of benzene rings is 1. The summed E-state index contributed by atoms with van der Waals surface area (Å²) in [5.74, 6) is -0.493. The number of nitro benzene ring substituents is 1. The SMILES string of the molecule is CC(C)(SCc1ccc([N+](=O)[O-])cc1)C(N)C(=O)O. The van der Waals surface area contributed by atoms with E-state index in [4.69, 9.17) is 10.8 Å². The van der Waals surface area contributed by atoms with E-state index < -0.39 is 21.7 Å². The van der Waals surface area contributed by atoms with Gasteiger partial charge in [0.1, 0.15) is 6.04 Å². The highest BCUT2D eigenvalue weighted by Gasteiger charge is 2.32. The molecule has 1 unspecified atom stereocenters. The molecule has 104 valence electrons. The van der Waals surface area contributed by atoms with Crippen LogP contribution in [0.25, 0.3) is 0 Å². The van der Waals surface area contributed by atoms with Gasteiger partial charge < -0.3 is 10.8 Å². The van der Waals surface area contributed by atoms with Crippen LogP contribution in [0, 0.1) is 10.1 Å². The van der Waals surface area contributed by atoms with Gasteiger partial charge in [-0.15, -0.1) is 11.8 Å². The summed E-state index contributed by atoms with van der Waals surface area (Å²) in [6.45, 7) is 3.53. The van der Waals surface area contributed by atoms with Gasteiger partial charge in [-0.2, -0.15) is 0 Å². The largest absolute Gasteiger partial charge is 0.480 e. The molecule has 1 rings (SSSR count). The van der Waals surface area contributed by atoms with Gasteiger partial charge in [-0.25, -0.2) is 0 Å². The summed E-state index contributed by atoms with van der Waals surface area (Å²) in [5, 5.41) is 19.4. The molecule has 0 aliphatic rings. The summed E-state index contributed by atoms with van der Waals surface area (Å²) in [7, 11) is 0. The van der Waals surface area contributed by atoms with Crippen molar-refractivity contribution in [2.75, 3.05) is 0 Å². The Balaban J connectivity index is 2.66. The molecule has 0 saturated carbocycles. The number of hydrogen-bond donors (Lipinski definition) is 2. The number of nitro groups is 1. The van der Waals surface area contributed by atoms with Crippen molar-refractivity contribution in [2.24, 2.45) is 5.73 Å². The van der Waals surface area contributed by atoms with Crippen LogP contribution in [0.5, 0.6) is 0 Å². The molecule has 0 fully saturated rings. The molecule has 3 N–H and O–H groups in total. The van der Waals surface area contributed by atoms with E-state index in [9.17, 15) is 14.9 Å². The first-order valence-electron chi connectivity index (χ1n) is 5.59. The third-order valence-corrected chi connectivity index (χ3v) is 4.25. The molecule has 6 nitrogen and oxygen atoms in total. The maximum Gasteiger partial charge on any atom is 0.321 e. The highest BCUT2D eigenvalue weighted by molar-refractivity contribution is 7.99. The van der Waals surface area contributed by atoms with Gasteiger partial charge in [0.25, 0.3) is 5.69 Å². The van der Waals surface area contributed by atoms with Crippen molar-refractivity contribution in [1.82, 2.24) is 0 Å². The molecule has 0 aromatic heterocycles. The van der Waals surface area contributed by atoms with Crippen LogP contribution >= 0.6 is 11.8 Å². The summed E-state index contributed by atoms with van der Waals surface area (Å²) in [4.78, 5) is 20.9. The number of nitrogens with zero attached hydrogens (tertiary/aromatic N) is 1. The predicted molar refractivity (Wildman–Crippen MR) is 74.1 cm³/mol. The second-order valence-corrected chi connectivity index (χ2v) is 6.26. The van der Waals surface area contributed by atoms with Crippen LogP contribution in [0.15, 0.2) is 24.3 Å². The molecule has 1 atom stereocenters. The maximum absolute atomic E-state index is 10.9. The Bertz CT molecular complexity index is 473. The smallest absolute Gasteiger partial charge is 0.321 e. The molecule has 0 amide bonds. The van der Waals surface area contributed by atoms with Gasteiger partial charge in [0.2, 0.25) is 0 Å². The predicted octanol–water partition coefficient (Wildman–Crippen LogP) is 2.02. The average Bonchev–Trinajstić information content (AvgIpc) is 2.35. The number of carbonyl (C=O) groups is 1. The van der Waals surface area contributed by atoms with Crippen molar-refractivity contribution in [3.8, 4) is 0 Å². The van der Waals surface area contributed by atoms with E-state index in [-0.39, 0.29) is 5.69 Å². The van der Waals surface area contributed by atoms with Crippen molar-refractivity contribution in [3.63, 3.8) is 0 Å². The third-order valence-electron chi connectivity index (χ3n) is 2.77. The lowest BCUT2D eigenvalue weighted by Gasteiger charge is -2.27. The fourth-order valence-corrected chi connectivity index (χ4v) is 2.38. The zero-order valence-electron chi connectivity index (χ0n) is 10.7. The molecule has 0 spiro atoms. The lowest BCUT2D eigenvalue weighted by molar-refractivity contribution is -0.384. The van der Waals surface area contributed by atoms with Crippen LogP contribution in [0.1, 0.15) is 19.4 Å². The first-order chi connectivity index (χ1) is 8.74. The Kier molecular flexibility index (Phi) is 4.90. The van der Waals surface area contributed by atoms with Gasteiger partial charge in [-0.1, -0.05) is 12.1 Å². The molecule has 19 heavy (non-hydrogen) atoms. The Labute approximate surface area is 115 Å². The minimum Gasteiger partial charge on any atom is -0.480 e. The summed E-state index contributed by atoms with van der Waals surface area (Å²) in [6.07, 6.45) is 0. The fourth-order valence-electron chi connectivity index (χ4n) is 1.37. The molecule has 0 heterocycles. The van der Waals surface area contributed by atoms with Crippen molar-refractivity contribution < 1.29 is 14.8 Å². The van der Waals surface area contributed by atoms with Crippen LogP contribution < -0.4 is 5.73 Å². The molecule has 0 aliphatic heterocycles. The Morgan fingerprint density at radius 2 is 2.00 bits per heavy atom. The lowest BCUT2D eigenvalue weighted by Crippen LogP contribution is -2.46. The van der Waals surface area contributed by atoms with Crippen LogP contribution in [-0.2, 0) is 10.5 Å². The van der Waals surface area contributed by atoms with E-state index in [1.807, 2.05) is 0 Å². The Morgan fingerprint density at radius 1 is 1.47 bits per heavy atom. The second kappa shape index (κ2) is 6.03. The number of carboxylic acids is 1. The van der Waals surface area contributed by atoms with Crippen molar-refractivity contribution in [3.05, 3.63) is 39.9 Å². The van der Waals surface area contributed by atoms with Crippen molar-refractivity contribution in [2.45, 2.75) is 30.4 Å². The first-order valence-corrected chi connectivity index (χ1v) is 6.58. The van der Waals surface area contributed by atoms with Crippen LogP contribution in [-0.4, -0.2) is 26.8 Å². The first kappa shape index (κ1) is 15.5. The number of carboxylic acid groups (broad SMARTS) is 1. The van der Waals surface area contributed by atoms with Gasteiger partial charge in [-0.3, -0.25) is 14.9 Å². The van der Waals surface area contributed by atoms with E-state index in [1.54, 1.807) is 26.0 Å². The van der Waals surface area contributed by atoms with Gasteiger partial charge in [0.15, 0.2) is 0 Å². The molecular formula is C12H16N2O4S. The molecular weight excluding hydrogens is 268 g/mol. The van der Waals surface area contributed by atoms with Gasteiger partial charge in [0, 0.05) is 22.6 Å². The van der Waals surface area contributed by atoms with E-state index in [0.29, 0.717) is 5.75 Å². The fraction of sp³-hybridized carbons (Fsp3) is 0.417. The average molecular weight is 284 g/mol. The highest BCUT2D eigenvalue weighted by atomic mass is 32.2. The van der Waals surface area contributed by atoms with Crippen LogP contribution in [0.2, 0.25) is 0 Å². The minimum atomic E-state index is -1.04. The van der Waals surface area contributed by atoms with E-state index in [1.165, 1.54) is 23.9 Å². The van der Waals surface area contributed by atoms with Crippen LogP contribution in [0.4, 0.5) is 5.69 Å². The van der Waals surface area contributed by atoms with E-state index >= 15 is 0 Å². The molecule has 0 saturated heterocycles. The van der Waals surface area contributed by atoms with Gasteiger partial charge in [0.05, 0.1) is 4.92 Å². The Morgan fingerprint density at radius 3 is 2.42 bits per heavy atom. The number of thioether (sulfide) groups is 1. The number of rotatable bonds is 6. The normalized spacial score (nSPS) is 13.0. The monoisotopic (exact) mass is 284 g/mol. The number of nitrogens with two attached hydrogens (primary N) is 1. The topological polar surface area (TPSA) is 106 Å². The molecule has 0 bridgehead atoms. The summed E-state index contributed by atoms with van der Waals surface area (Å²) < 4.78 is -0.617. The highest BCUT2D eigenvalue weighted by Crippen LogP contribution is 2.31.